The van der Waals surface area contributed by atoms with Gasteiger partial charge in [0.15, 0.2) is 0 Å². The average Bonchev–Trinajstić information content (AvgIpc) is 3.21. The van der Waals surface area contributed by atoms with Crippen LogP contribution in [-0.2, 0) is 15.8 Å². The summed E-state index contributed by atoms with van der Waals surface area (Å²) < 4.78 is 44.6. The third kappa shape index (κ3) is 6.52. The number of rotatable bonds is 8. The number of benzene rings is 4. The Morgan fingerprint density at radius 1 is 0.860 bits per heavy atom. The summed E-state index contributed by atoms with van der Waals surface area (Å²) >= 11 is 7.11. The summed E-state index contributed by atoms with van der Waals surface area (Å²) in [6, 6.07) is 23.6. The lowest BCUT2D eigenvalue weighted by Crippen LogP contribution is -2.32. The van der Waals surface area contributed by atoms with Crippen molar-refractivity contribution < 1.29 is 32.3 Å². The Bertz CT molecular complexity index is 1740. The van der Waals surface area contributed by atoms with E-state index in [0.29, 0.717) is 22.0 Å². The predicted molar refractivity (Wildman–Crippen MR) is 159 cm³/mol. The van der Waals surface area contributed by atoms with Crippen molar-refractivity contribution in [2.75, 3.05) is 22.6 Å². The molecule has 3 amide bonds. The quantitative estimate of drug-likeness (QED) is 0.197. The molecule has 4 aromatic rings. The molecule has 4 aromatic carbocycles. The van der Waals surface area contributed by atoms with Crippen LogP contribution in [0.2, 0.25) is 5.02 Å². The summed E-state index contributed by atoms with van der Waals surface area (Å²) in [4.78, 5) is 41.3. The van der Waals surface area contributed by atoms with Crippen molar-refractivity contribution >= 4 is 58.1 Å². The van der Waals surface area contributed by atoms with Crippen LogP contribution >= 0.6 is 23.4 Å². The fourth-order valence-electron chi connectivity index (χ4n) is 4.17. The molecule has 0 saturated carbocycles. The Morgan fingerprint density at radius 3 is 2.21 bits per heavy atom. The highest BCUT2D eigenvalue weighted by Crippen LogP contribution is 2.39. The second-order valence-corrected chi connectivity index (χ2v) is 10.6. The smallest absolute Gasteiger partial charge is 0.416 e. The van der Waals surface area contributed by atoms with E-state index in [9.17, 15) is 27.6 Å². The average molecular weight is 624 g/mol. The number of nitrogens with zero attached hydrogens (tertiary/aromatic N) is 1. The molecule has 0 bridgehead atoms. The molecule has 5 rings (SSSR count). The van der Waals surface area contributed by atoms with Crippen molar-refractivity contribution in [2.24, 2.45) is 0 Å². The molecule has 0 unspecified atom stereocenters. The molecule has 218 valence electrons. The number of hydrogen-bond acceptors (Lipinski definition) is 6. The van der Waals surface area contributed by atoms with Crippen LogP contribution < -0.4 is 20.3 Å². The number of ether oxygens (including phenoxy) is 1. The molecule has 1 heterocycles. The van der Waals surface area contributed by atoms with E-state index in [1.807, 2.05) is 0 Å². The first kappa shape index (κ1) is 29.7. The van der Waals surface area contributed by atoms with Crippen molar-refractivity contribution in [1.82, 2.24) is 0 Å². The number of hydrogen-bond donors (Lipinski definition) is 2. The molecule has 0 saturated heterocycles. The number of imide groups is 1. The van der Waals surface area contributed by atoms with Crippen molar-refractivity contribution in [3.8, 4) is 5.75 Å². The van der Waals surface area contributed by atoms with Crippen LogP contribution in [0.1, 0.15) is 15.9 Å². The van der Waals surface area contributed by atoms with E-state index < -0.39 is 29.5 Å². The highest BCUT2D eigenvalue weighted by molar-refractivity contribution is 8.04. The van der Waals surface area contributed by atoms with Gasteiger partial charge in [0, 0.05) is 16.3 Å². The zero-order chi connectivity index (χ0) is 30.7. The van der Waals surface area contributed by atoms with E-state index in [1.54, 1.807) is 72.8 Å². The number of amides is 3. The number of carbonyl (C=O) groups excluding carboxylic acids is 3. The lowest BCUT2D eigenvalue weighted by molar-refractivity contribution is -0.137. The van der Waals surface area contributed by atoms with Gasteiger partial charge in [-0.15, -0.1) is 0 Å². The Labute approximate surface area is 253 Å². The van der Waals surface area contributed by atoms with Gasteiger partial charge in [-0.05, 0) is 78.9 Å². The molecule has 0 radical (unpaired) electrons. The number of halogens is 4. The van der Waals surface area contributed by atoms with E-state index in [4.69, 9.17) is 16.3 Å². The van der Waals surface area contributed by atoms with E-state index in [2.05, 4.69) is 10.6 Å². The lowest BCUT2D eigenvalue weighted by atomic mass is 10.2. The van der Waals surface area contributed by atoms with Gasteiger partial charge >= 0.3 is 6.18 Å². The number of thioether (sulfide) groups is 1. The third-order valence-corrected chi connectivity index (χ3v) is 7.69. The molecule has 0 atom stereocenters. The number of anilines is 3. The first-order chi connectivity index (χ1) is 20.5. The molecule has 2 N–H and O–H groups in total. The SMILES string of the molecule is COc1ccc(NC2=C(Sc3cccc(NC(=O)c4ccccc4Cl)c3)C(=O)N(c3ccc(C(F)(F)F)cc3)C2=O)cc1. The fourth-order valence-corrected chi connectivity index (χ4v) is 5.37. The lowest BCUT2D eigenvalue weighted by Gasteiger charge is -2.16. The zero-order valence-corrected chi connectivity index (χ0v) is 23.8. The zero-order valence-electron chi connectivity index (χ0n) is 22.2. The fraction of sp³-hybridized carbons (Fsp3) is 0.0645. The van der Waals surface area contributed by atoms with Gasteiger partial charge in [-0.1, -0.05) is 41.6 Å². The topological polar surface area (TPSA) is 87.7 Å². The number of methoxy groups -OCH3 is 1. The molecule has 0 fully saturated rings. The maximum Gasteiger partial charge on any atom is 0.416 e. The standard InChI is InChI=1S/C31H21ClF3N3O4S/c1-42-22-15-11-19(12-16-22)36-26-27(30(41)38(29(26)40)21-13-9-18(10-14-21)31(33,34)35)43-23-6-4-5-20(17-23)37-28(39)24-7-2-3-8-25(24)32/h2-17,36H,1H3,(H,37,39). The monoisotopic (exact) mass is 623 g/mol. The third-order valence-electron chi connectivity index (χ3n) is 6.28. The minimum atomic E-state index is -4.58. The van der Waals surface area contributed by atoms with Crippen LogP contribution in [0.5, 0.6) is 5.75 Å². The first-order valence-electron chi connectivity index (χ1n) is 12.6. The van der Waals surface area contributed by atoms with Crippen LogP contribution in [0, 0.1) is 0 Å². The van der Waals surface area contributed by atoms with Crippen molar-refractivity contribution in [1.29, 1.82) is 0 Å². The van der Waals surface area contributed by atoms with E-state index in [0.717, 1.165) is 40.9 Å². The molecule has 43 heavy (non-hydrogen) atoms. The molecule has 0 aromatic heterocycles. The van der Waals surface area contributed by atoms with Crippen molar-refractivity contribution in [3.63, 3.8) is 0 Å². The Kier molecular flexibility index (Phi) is 8.47. The summed E-state index contributed by atoms with van der Waals surface area (Å²) in [6.07, 6.45) is -4.58. The highest BCUT2D eigenvalue weighted by atomic mass is 35.5. The second kappa shape index (κ2) is 12.2. The predicted octanol–water partition coefficient (Wildman–Crippen LogP) is 7.61. The van der Waals surface area contributed by atoms with Gasteiger partial charge in [0.2, 0.25) is 0 Å². The van der Waals surface area contributed by atoms with Gasteiger partial charge < -0.3 is 15.4 Å². The summed E-state index contributed by atoms with van der Waals surface area (Å²) in [6.45, 7) is 0. The number of nitrogens with one attached hydrogen (secondary N) is 2. The van der Waals surface area contributed by atoms with E-state index in [1.165, 1.54) is 7.11 Å². The van der Waals surface area contributed by atoms with Crippen LogP contribution in [0.25, 0.3) is 0 Å². The summed E-state index contributed by atoms with van der Waals surface area (Å²) in [5.41, 5.74) is 0.172. The molecular weight excluding hydrogens is 603 g/mol. The van der Waals surface area contributed by atoms with Gasteiger partial charge in [-0.3, -0.25) is 14.4 Å². The van der Waals surface area contributed by atoms with Gasteiger partial charge in [0.05, 0.1) is 28.9 Å². The Hall–Kier alpha value is -4.74. The molecular formula is C31H21ClF3N3O4S. The van der Waals surface area contributed by atoms with Crippen LogP contribution in [-0.4, -0.2) is 24.8 Å². The van der Waals surface area contributed by atoms with Crippen molar-refractivity contribution in [3.05, 3.63) is 124 Å². The maximum atomic E-state index is 13.6. The van der Waals surface area contributed by atoms with E-state index in [-0.39, 0.29) is 26.9 Å². The molecule has 0 spiro atoms. The van der Waals surface area contributed by atoms with E-state index >= 15 is 0 Å². The highest BCUT2D eigenvalue weighted by Gasteiger charge is 2.41. The van der Waals surface area contributed by atoms with Gasteiger partial charge in [0.25, 0.3) is 17.7 Å². The minimum absolute atomic E-state index is 0.00953. The van der Waals surface area contributed by atoms with Gasteiger partial charge in [-0.2, -0.15) is 13.2 Å². The molecule has 7 nitrogen and oxygen atoms in total. The normalized spacial score (nSPS) is 13.4. The minimum Gasteiger partial charge on any atom is -0.497 e. The molecule has 1 aliphatic heterocycles. The summed E-state index contributed by atoms with van der Waals surface area (Å²) in [7, 11) is 1.51. The molecule has 1 aliphatic rings. The maximum absolute atomic E-state index is 13.6. The van der Waals surface area contributed by atoms with Crippen LogP contribution in [0.3, 0.4) is 0 Å². The molecule has 12 heteroatoms. The summed E-state index contributed by atoms with van der Waals surface area (Å²) in [5, 5.41) is 6.02. The largest absolute Gasteiger partial charge is 0.497 e. The Morgan fingerprint density at radius 2 is 1.56 bits per heavy atom. The Balaban J connectivity index is 1.46. The van der Waals surface area contributed by atoms with Gasteiger partial charge in [-0.25, -0.2) is 4.90 Å². The molecule has 0 aliphatic carbocycles. The van der Waals surface area contributed by atoms with Crippen LogP contribution in [0.4, 0.5) is 30.2 Å². The van der Waals surface area contributed by atoms with Crippen LogP contribution in [0.15, 0.2) is 113 Å². The number of alkyl halides is 3. The van der Waals surface area contributed by atoms with Crippen molar-refractivity contribution in [2.45, 2.75) is 11.1 Å². The number of carbonyl (C=O) groups is 3. The van der Waals surface area contributed by atoms with Gasteiger partial charge in [0.1, 0.15) is 16.4 Å². The first-order valence-corrected chi connectivity index (χ1v) is 13.8. The second-order valence-electron chi connectivity index (χ2n) is 9.11. The summed E-state index contributed by atoms with van der Waals surface area (Å²) in [5.74, 6) is -1.33.